The summed E-state index contributed by atoms with van der Waals surface area (Å²) in [6.45, 7) is -0.174. The fraction of sp³-hybridized carbons (Fsp3) is 0.476. The number of rotatable bonds is 5. The molecule has 0 spiro atoms. The molecule has 0 bridgehead atoms. The minimum absolute atomic E-state index is 0.00742. The van der Waals surface area contributed by atoms with Crippen LogP contribution in [0.2, 0.25) is 0 Å². The molecule has 12 nitrogen and oxygen atoms in total. The molecule has 0 unspecified atom stereocenters. The lowest BCUT2D eigenvalue weighted by molar-refractivity contribution is -0.132. The molecule has 0 aromatic heterocycles. The summed E-state index contributed by atoms with van der Waals surface area (Å²) in [4.78, 5) is 60.7. The Morgan fingerprint density at radius 1 is 1.09 bits per heavy atom. The molecule has 33 heavy (non-hydrogen) atoms. The highest BCUT2D eigenvalue weighted by Gasteiger charge is 2.25. The van der Waals surface area contributed by atoms with E-state index in [1.165, 1.54) is 12.1 Å². The fourth-order valence-corrected chi connectivity index (χ4v) is 3.25. The Balaban J connectivity index is 2.02. The lowest BCUT2D eigenvalue weighted by Crippen LogP contribution is -2.54. The van der Waals surface area contributed by atoms with Crippen molar-refractivity contribution < 1.29 is 29.1 Å². The van der Waals surface area contributed by atoms with E-state index in [9.17, 15) is 29.1 Å². The van der Waals surface area contributed by atoms with Gasteiger partial charge < -0.3 is 37.8 Å². The number of amides is 5. The number of nitrogens with two attached hydrogens (primary N) is 2. The van der Waals surface area contributed by atoms with Gasteiger partial charge in [0.2, 0.25) is 29.5 Å². The highest BCUT2D eigenvalue weighted by molar-refractivity contribution is 5.93. The monoisotopic (exact) mass is 462 g/mol. The van der Waals surface area contributed by atoms with Crippen LogP contribution < -0.4 is 32.7 Å². The van der Waals surface area contributed by atoms with Crippen molar-refractivity contribution >= 4 is 29.5 Å². The van der Waals surface area contributed by atoms with Crippen LogP contribution >= 0.6 is 0 Å². The van der Waals surface area contributed by atoms with Gasteiger partial charge >= 0.3 is 0 Å². The average Bonchev–Trinajstić information content (AvgIpc) is 2.77. The lowest BCUT2D eigenvalue weighted by Gasteiger charge is -2.22. The Labute approximate surface area is 190 Å². The quantitative estimate of drug-likeness (QED) is 0.251. The molecular formula is C21H30N6O6. The molecule has 1 aromatic carbocycles. The molecule has 1 aromatic rings. The molecule has 1 aliphatic heterocycles. The number of primary amides is 1. The zero-order chi connectivity index (χ0) is 24.4. The Bertz CT molecular complexity index is 875. The minimum atomic E-state index is -1.04. The number of hydrogen-bond acceptors (Lipinski definition) is 7. The summed E-state index contributed by atoms with van der Waals surface area (Å²) < 4.78 is 0. The van der Waals surface area contributed by atoms with E-state index in [1.54, 1.807) is 12.1 Å². The Morgan fingerprint density at radius 2 is 1.79 bits per heavy atom. The molecule has 9 N–H and O–H groups in total. The third kappa shape index (κ3) is 8.77. The van der Waals surface area contributed by atoms with Crippen LogP contribution in [0.15, 0.2) is 24.3 Å². The summed E-state index contributed by atoms with van der Waals surface area (Å²) >= 11 is 0. The number of carbonyl (C=O) groups is 5. The van der Waals surface area contributed by atoms with Gasteiger partial charge in [-0.25, -0.2) is 0 Å². The van der Waals surface area contributed by atoms with E-state index >= 15 is 0 Å². The van der Waals surface area contributed by atoms with Crippen molar-refractivity contribution in [2.24, 2.45) is 11.5 Å². The van der Waals surface area contributed by atoms with E-state index in [4.69, 9.17) is 11.5 Å². The zero-order valence-electron chi connectivity index (χ0n) is 18.1. The topological polar surface area (TPSA) is 206 Å². The van der Waals surface area contributed by atoms with E-state index in [0.717, 1.165) is 5.56 Å². The number of benzene rings is 1. The van der Waals surface area contributed by atoms with Gasteiger partial charge in [-0.3, -0.25) is 24.0 Å². The minimum Gasteiger partial charge on any atom is -0.508 e. The average molecular weight is 463 g/mol. The molecule has 2 rings (SSSR count). The summed E-state index contributed by atoms with van der Waals surface area (Å²) in [5.74, 6) is -2.85. The first-order chi connectivity index (χ1) is 15.7. The van der Waals surface area contributed by atoms with E-state index in [-0.39, 0.29) is 43.9 Å². The van der Waals surface area contributed by atoms with Crippen molar-refractivity contribution in [3.8, 4) is 5.75 Å². The third-order valence-corrected chi connectivity index (χ3v) is 5.12. The summed E-state index contributed by atoms with van der Waals surface area (Å²) in [7, 11) is 0. The van der Waals surface area contributed by atoms with Crippen LogP contribution in [0.5, 0.6) is 5.75 Å². The van der Waals surface area contributed by atoms with Crippen molar-refractivity contribution in [2.45, 2.75) is 50.2 Å². The number of nitrogens with one attached hydrogen (secondary N) is 4. The van der Waals surface area contributed by atoms with Crippen LogP contribution in [-0.2, 0) is 30.4 Å². The van der Waals surface area contributed by atoms with Crippen molar-refractivity contribution in [2.75, 3.05) is 13.1 Å². The SMILES string of the molecule is NC(=O)[C@@H]1CCC(=O)NCCC[C@H](NC(=O)[C@@H](N)Cc2ccc(O)cc2)C(=O)NCC(=O)N1. The van der Waals surface area contributed by atoms with Crippen LogP contribution in [0.1, 0.15) is 31.2 Å². The molecule has 3 atom stereocenters. The Morgan fingerprint density at radius 3 is 2.45 bits per heavy atom. The number of carbonyl (C=O) groups excluding carboxylic acids is 5. The lowest BCUT2D eigenvalue weighted by atomic mass is 10.0. The number of aromatic hydroxyl groups is 1. The molecule has 1 fully saturated rings. The highest BCUT2D eigenvalue weighted by atomic mass is 16.3. The van der Waals surface area contributed by atoms with E-state index in [2.05, 4.69) is 21.3 Å². The van der Waals surface area contributed by atoms with Gasteiger partial charge in [-0.1, -0.05) is 12.1 Å². The molecule has 5 amide bonds. The van der Waals surface area contributed by atoms with Crippen LogP contribution in [0, 0.1) is 0 Å². The maximum atomic E-state index is 12.6. The van der Waals surface area contributed by atoms with Crippen LogP contribution in [-0.4, -0.2) is 65.9 Å². The van der Waals surface area contributed by atoms with Crippen molar-refractivity contribution in [1.29, 1.82) is 0 Å². The second-order valence-electron chi connectivity index (χ2n) is 7.81. The van der Waals surface area contributed by atoms with Crippen molar-refractivity contribution in [3.05, 3.63) is 29.8 Å². The molecule has 180 valence electrons. The van der Waals surface area contributed by atoms with Crippen molar-refractivity contribution in [1.82, 2.24) is 21.3 Å². The smallest absolute Gasteiger partial charge is 0.243 e. The summed E-state index contributed by atoms with van der Waals surface area (Å²) in [5.41, 5.74) is 12.0. The van der Waals surface area contributed by atoms with Crippen LogP contribution in [0.4, 0.5) is 0 Å². The Kier molecular flexibility index (Phi) is 9.61. The van der Waals surface area contributed by atoms with Gasteiger partial charge in [0.25, 0.3) is 0 Å². The second-order valence-corrected chi connectivity index (χ2v) is 7.81. The predicted molar refractivity (Wildman–Crippen MR) is 117 cm³/mol. The normalized spacial score (nSPS) is 21.5. The van der Waals surface area contributed by atoms with Gasteiger partial charge in [0.15, 0.2) is 0 Å². The van der Waals surface area contributed by atoms with Crippen LogP contribution in [0.3, 0.4) is 0 Å². The van der Waals surface area contributed by atoms with E-state index in [0.29, 0.717) is 6.42 Å². The first-order valence-electron chi connectivity index (χ1n) is 10.6. The van der Waals surface area contributed by atoms with Gasteiger partial charge in [-0.05, 0) is 43.4 Å². The van der Waals surface area contributed by atoms with Crippen LogP contribution in [0.25, 0.3) is 0 Å². The zero-order valence-corrected chi connectivity index (χ0v) is 18.1. The first kappa shape index (κ1) is 25.6. The second kappa shape index (κ2) is 12.4. The number of phenols is 1. The van der Waals surface area contributed by atoms with Gasteiger partial charge in [0, 0.05) is 13.0 Å². The Hall–Kier alpha value is -3.67. The van der Waals surface area contributed by atoms with Gasteiger partial charge in [-0.15, -0.1) is 0 Å². The molecule has 1 saturated heterocycles. The molecule has 1 heterocycles. The van der Waals surface area contributed by atoms with E-state index in [1.807, 2.05) is 0 Å². The number of phenolic OH excluding ortho intramolecular Hbond substituents is 1. The molecule has 0 saturated carbocycles. The number of hydrogen-bond donors (Lipinski definition) is 7. The predicted octanol–water partition coefficient (Wildman–Crippen LogP) is -2.48. The maximum Gasteiger partial charge on any atom is 0.243 e. The molecule has 12 heteroatoms. The largest absolute Gasteiger partial charge is 0.508 e. The highest BCUT2D eigenvalue weighted by Crippen LogP contribution is 2.11. The fourth-order valence-electron chi connectivity index (χ4n) is 3.25. The summed E-state index contributed by atoms with van der Waals surface area (Å²) in [5, 5.41) is 19.4. The summed E-state index contributed by atoms with van der Waals surface area (Å²) in [6, 6.07) is 3.25. The molecular weight excluding hydrogens is 432 g/mol. The molecule has 0 aliphatic carbocycles. The van der Waals surface area contributed by atoms with Gasteiger partial charge in [0.1, 0.15) is 17.8 Å². The van der Waals surface area contributed by atoms with E-state index < -0.39 is 48.3 Å². The van der Waals surface area contributed by atoms with Crippen molar-refractivity contribution in [3.63, 3.8) is 0 Å². The first-order valence-corrected chi connectivity index (χ1v) is 10.6. The molecule has 1 aliphatic rings. The van der Waals surface area contributed by atoms with Gasteiger partial charge in [0.05, 0.1) is 12.6 Å². The standard InChI is InChI=1S/C21H30N6O6/c22-14(10-12-3-5-13(28)6-4-12)20(32)27-16-2-1-9-24-17(29)8-7-15(19(23)31)26-18(30)11-25-21(16)33/h3-6,14-16,28H,1-2,7-11,22H2,(H2,23,31)(H,24,29)(H,25,33)(H,26,30)(H,27,32)/t14-,15-,16-/m0/s1. The molecule has 0 radical (unpaired) electrons. The summed E-state index contributed by atoms with van der Waals surface area (Å²) in [6.07, 6.45) is 0.802. The maximum absolute atomic E-state index is 12.6. The third-order valence-electron chi connectivity index (χ3n) is 5.12. The van der Waals surface area contributed by atoms with Gasteiger partial charge in [-0.2, -0.15) is 0 Å².